The summed E-state index contributed by atoms with van der Waals surface area (Å²) in [7, 11) is 0. The second-order valence-electron chi connectivity index (χ2n) is 4.89. The third-order valence-electron chi connectivity index (χ3n) is 3.43. The highest BCUT2D eigenvalue weighted by atomic mass is 16.6. The first-order valence-corrected chi connectivity index (χ1v) is 6.69. The highest BCUT2D eigenvalue weighted by Gasteiger charge is 2.25. The molecule has 0 aromatic heterocycles. The minimum absolute atomic E-state index is 0.130. The largest absolute Gasteiger partial charge is 0.452 e. The molecule has 7 nitrogen and oxygen atoms in total. The smallest absolute Gasteiger partial charge is 0.345 e. The van der Waals surface area contributed by atoms with Crippen molar-refractivity contribution in [1.82, 2.24) is 4.90 Å². The molecule has 1 saturated heterocycles. The third-order valence-corrected chi connectivity index (χ3v) is 3.43. The zero-order valence-electron chi connectivity index (χ0n) is 11.7. The number of nitro groups is 1. The minimum atomic E-state index is -0.849. The van der Waals surface area contributed by atoms with E-state index in [2.05, 4.69) is 0 Å². The number of rotatable bonds is 4. The van der Waals surface area contributed by atoms with Gasteiger partial charge in [0.05, 0.1) is 4.92 Å². The molecule has 0 N–H and O–H groups in total. The van der Waals surface area contributed by atoms with Crippen LogP contribution in [0.2, 0.25) is 0 Å². The summed E-state index contributed by atoms with van der Waals surface area (Å²) in [4.78, 5) is 35.7. The van der Waals surface area contributed by atoms with Gasteiger partial charge in [0.15, 0.2) is 6.61 Å². The maximum Gasteiger partial charge on any atom is 0.345 e. The first kappa shape index (κ1) is 15.0. The van der Waals surface area contributed by atoms with Crippen LogP contribution < -0.4 is 0 Å². The normalized spacial score (nSPS) is 14.0. The molecule has 7 heteroatoms. The van der Waals surface area contributed by atoms with Crippen molar-refractivity contribution in [1.29, 1.82) is 0 Å². The molecule has 0 radical (unpaired) electrons. The Morgan fingerprint density at radius 2 is 2.00 bits per heavy atom. The molecule has 1 aliphatic rings. The van der Waals surface area contributed by atoms with Crippen LogP contribution in [0.3, 0.4) is 0 Å². The molecule has 1 aromatic rings. The molecule has 0 unspecified atom stereocenters. The van der Waals surface area contributed by atoms with Crippen molar-refractivity contribution in [2.45, 2.75) is 19.8 Å². The lowest BCUT2D eigenvalue weighted by molar-refractivity contribution is -0.385. The van der Waals surface area contributed by atoms with Gasteiger partial charge in [-0.15, -0.1) is 0 Å². The van der Waals surface area contributed by atoms with E-state index >= 15 is 0 Å². The number of aryl methyl sites for hydroxylation is 1. The number of ether oxygens (including phenoxy) is 1. The molecule has 112 valence electrons. The highest BCUT2D eigenvalue weighted by Crippen LogP contribution is 2.23. The number of para-hydroxylation sites is 1. The molecule has 1 aromatic carbocycles. The first-order chi connectivity index (χ1) is 10.0. The fourth-order valence-electron chi connectivity index (χ4n) is 2.33. The van der Waals surface area contributed by atoms with E-state index in [-0.39, 0.29) is 23.8 Å². The predicted octanol–water partition coefficient (Wildman–Crippen LogP) is 1.68. The summed E-state index contributed by atoms with van der Waals surface area (Å²) >= 11 is 0. The molecule has 0 saturated carbocycles. The molecular formula is C14H16N2O5. The maximum atomic E-state index is 11.9. The summed E-state index contributed by atoms with van der Waals surface area (Å²) in [5.41, 5.74) is -0.0364. The predicted molar refractivity (Wildman–Crippen MR) is 73.9 cm³/mol. The number of benzene rings is 1. The van der Waals surface area contributed by atoms with Crippen LogP contribution in [0.5, 0.6) is 0 Å². The van der Waals surface area contributed by atoms with Gasteiger partial charge in [0.1, 0.15) is 5.56 Å². The molecule has 1 fully saturated rings. The van der Waals surface area contributed by atoms with Crippen molar-refractivity contribution in [2.24, 2.45) is 0 Å². The third kappa shape index (κ3) is 3.36. The number of carbonyl (C=O) groups is 2. The number of amides is 1. The van der Waals surface area contributed by atoms with Gasteiger partial charge in [-0.2, -0.15) is 0 Å². The molecule has 2 rings (SSSR count). The van der Waals surface area contributed by atoms with Crippen LogP contribution in [0.15, 0.2) is 18.2 Å². The van der Waals surface area contributed by atoms with E-state index in [1.165, 1.54) is 6.07 Å². The van der Waals surface area contributed by atoms with E-state index in [1.54, 1.807) is 24.0 Å². The second-order valence-corrected chi connectivity index (χ2v) is 4.89. The SMILES string of the molecule is Cc1cccc(C(=O)OCC(=O)N2CCCC2)c1[N+](=O)[O-]. The Morgan fingerprint density at radius 3 is 2.62 bits per heavy atom. The van der Waals surface area contributed by atoms with Crippen LogP contribution in [-0.2, 0) is 9.53 Å². The fourth-order valence-corrected chi connectivity index (χ4v) is 2.33. The van der Waals surface area contributed by atoms with Crippen LogP contribution in [0, 0.1) is 17.0 Å². The van der Waals surface area contributed by atoms with Gasteiger partial charge in [0.25, 0.3) is 11.6 Å². The molecular weight excluding hydrogens is 276 g/mol. The summed E-state index contributed by atoms with van der Waals surface area (Å²) in [6, 6.07) is 4.42. The van der Waals surface area contributed by atoms with E-state index < -0.39 is 10.9 Å². The van der Waals surface area contributed by atoms with Crippen molar-refractivity contribution >= 4 is 17.6 Å². The van der Waals surface area contributed by atoms with Gasteiger partial charge < -0.3 is 9.64 Å². The van der Waals surface area contributed by atoms with Crippen molar-refractivity contribution in [3.05, 3.63) is 39.4 Å². The van der Waals surface area contributed by atoms with E-state index in [4.69, 9.17) is 4.74 Å². The number of nitro benzene ring substituents is 1. The van der Waals surface area contributed by atoms with Gasteiger partial charge in [-0.3, -0.25) is 14.9 Å². The Bertz CT molecular complexity index is 579. The Labute approximate surface area is 121 Å². The fraction of sp³-hybridized carbons (Fsp3) is 0.429. The average Bonchev–Trinajstić information content (AvgIpc) is 2.97. The summed E-state index contributed by atoms with van der Waals surface area (Å²) in [6.07, 6.45) is 1.89. The van der Waals surface area contributed by atoms with E-state index in [1.807, 2.05) is 0 Å². The van der Waals surface area contributed by atoms with Gasteiger partial charge in [-0.25, -0.2) is 4.79 Å². The molecule has 1 amide bonds. The number of hydrogen-bond donors (Lipinski definition) is 0. The average molecular weight is 292 g/mol. The number of esters is 1. The number of nitrogens with zero attached hydrogens (tertiary/aromatic N) is 2. The number of likely N-dealkylation sites (tertiary alicyclic amines) is 1. The van der Waals surface area contributed by atoms with Crippen LogP contribution in [0.25, 0.3) is 0 Å². The zero-order chi connectivity index (χ0) is 15.4. The van der Waals surface area contributed by atoms with Crippen molar-refractivity contribution in [3.8, 4) is 0 Å². The monoisotopic (exact) mass is 292 g/mol. The lowest BCUT2D eigenvalue weighted by Gasteiger charge is -2.15. The summed E-state index contributed by atoms with van der Waals surface area (Å²) in [6.45, 7) is 2.50. The number of hydrogen-bond acceptors (Lipinski definition) is 5. The summed E-state index contributed by atoms with van der Waals surface area (Å²) in [5.74, 6) is -1.12. The first-order valence-electron chi connectivity index (χ1n) is 6.69. The molecule has 0 atom stereocenters. The van der Waals surface area contributed by atoms with Gasteiger partial charge in [-0.05, 0) is 25.8 Å². The Morgan fingerprint density at radius 1 is 1.33 bits per heavy atom. The Kier molecular flexibility index (Phi) is 4.52. The van der Waals surface area contributed by atoms with E-state index in [9.17, 15) is 19.7 Å². The second kappa shape index (κ2) is 6.34. The lowest BCUT2D eigenvalue weighted by Crippen LogP contribution is -2.32. The Balaban J connectivity index is 2.05. The van der Waals surface area contributed by atoms with Gasteiger partial charge in [0, 0.05) is 18.7 Å². The molecule has 21 heavy (non-hydrogen) atoms. The molecule has 0 aliphatic carbocycles. The molecule has 1 heterocycles. The van der Waals surface area contributed by atoms with Gasteiger partial charge >= 0.3 is 5.97 Å². The van der Waals surface area contributed by atoms with Crippen LogP contribution in [0.1, 0.15) is 28.8 Å². The maximum absolute atomic E-state index is 11.9. The van der Waals surface area contributed by atoms with Crippen LogP contribution >= 0.6 is 0 Å². The van der Waals surface area contributed by atoms with Crippen molar-refractivity contribution < 1.29 is 19.2 Å². The Hall–Kier alpha value is -2.44. The molecule has 0 bridgehead atoms. The summed E-state index contributed by atoms with van der Waals surface area (Å²) < 4.78 is 4.91. The zero-order valence-corrected chi connectivity index (χ0v) is 11.7. The van der Waals surface area contributed by atoms with E-state index in [0.717, 1.165) is 12.8 Å². The van der Waals surface area contributed by atoms with Crippen LogP contribution in [0.4, 0.5) is 5.69 Å². The number of carbonyl (C=O) groups excluding carboxylic acids is 2. The van der Waals surface area contributed by atoms with Crippen LogP contribution in [-0.4, -0.2) is 41.4 Å². The topological polar surface area (TPSA) is 89.8 Å². The van der Waals surface area contributed by atoms with Gasteiger partial charge in [-0.1, -0.05) is 12.1 Å². The molecule has 1 aliphatic heterocycles. The standard InChI is InChI=1S/C14H16N2O5/c1-10-5-4-6-11(13(10)16(19)20)14(18)21-9-12(17)15-7-2-3-8-15/h4-6H,2-3,7-9H2,1H3. The lowest BCUT2D eigenvalue weighted by atomic mass is 10.1. The highest BCUT2D eigenvalue weighted by molar-refractivity contribution is 5.95. The quantitative estimate of drug-likeness (QED) is 0.478. The summed E-state index contributed by atoms with van der Waals surface area (Å²) in [5, 5.41) is 11.0. The van der Waals surface area contributed by atoms with Gasteiger partial charge in [0.2, 0.25) is 0 Å². The molecule has 0 spiro atoms. The van der Waals surface area contributed by atoms with Crippen molar-refractivity contribution in [2.75, 3.05) is 19.7 Å². The van der Waals surface area contributed by atoms with Crippen molar-refractivity contribution in [3.63, 3.8) is 0 Å². The van der Waals surface area contributed by atoms with E-state index in [0.29, 0.717) is 18.7 Å². The minimum Gasteiger partial charge on any atom is -0.452 e.